The maximum Gasteiger partial charge on any atom is 0.416 e. The molecule has 0 saturated carbocycles. The van der Waals surface area contributed by atoms with E-state index < -0.39 is 11.7 Å². The molecule has 114 valence electrons. The number of alkyl halides is 3. The fraction of sp³-hybridized carbons (Fsp3) is 0.600. The zero-order chi connectivity index (χ0) is 15.3. The smallest absolute Gasteiger partial charge is 0.303 e. The monoisotopic (exact) mass is 288 g/mol. The molecule has 0 N–H and O–H groups in total. The maximum absolute atomic E-state index is 12.6. The molecule has 5 heteroatoms. The normalized spacial score (nSPS) is 12.7. The molecule has 0 fully saturated rings. The molecule has 0 aliphatic carbocycles. The van der Waals surface area contributed by atoms with Crippen LogP contribution in [0, 0.1) is 0 Å². The number of hydrogen-bond acceptors (Lipinski definition) is 2. The highest BCUT2D eigenvalue weighted by molar-refractivity contribution is 5.25. The van der Waals surface area contributed by atoms with Crippen molar-refractivity contribution in [2.75, 3.05) is 27.2 Å². The number of rotatable bonds is 6. The summed E-state index contributed by atoms with van der Waals surface area (Å²) in [5.41, 5.74) is 0.109. The summed E-state index contributed by atoms with van der Waals surface area (Å²) in [5.74, 6) is 0. The summed E-state index contributed by atoms with van der Waals surface area (Å²) in [6.45, 7) is 6.48. The van der Waals surface area contributed by atoms with Gasteiger partial charge in [0.1, 0.15) is 0 Å². The third kappa shape index (κ3) is 5.51. The van der Waals surface area contributed by atoms with Gasteiger partial charge < -0.3 is 9.80 Å². The summed E-state index contributed by atoms with van der Waals surface area (Å²) in [4.78, 5) is 4.25. The van der Waals surface area contributed by atoms with E-state index in [0.29, 0.717) is 18.2 Å². The summed E-state index contributed by atoms with van der Waals surface area (Å²) in [7, 11) is 3.97. The van der Waals surface area contributed by atoms with Crippen LogP contribution in [0.15, 0.2) is 24.3 Å². The Balaban J connectivity index is 2.56. The predicted octanol–water partition coefficient (Wildman–Crippen LogP) is 3.48. The summed E-state index contributed by atoms with van der Waals surface area (Å²) in [6, 6.07) is 6.00. The molecule has 0 atom stereocenters. The highest BCUT2D eigenvalue weighted by Crippen LogP contribution is 2.29. The van der Waals surface area contributed by atoms with Crippen LogP contribution in [0.3, 0.4) is 0 Å². The molecule has 0 unspecified atom stereocenters. The molecular formula is C15H23F3N2. The van der Waals surface area contributed by atoms with Crippen LogP contribution in [-0.4, -0.2) is 43.0 Å². The van der Waals surface area contributed by atoms with E-state index in [2.05, 4.69) is 18.7 Å². The molecule has 1 aromatic carbocycles. The average molecular weight is 288 g/mol. The van der Waals surface area contributed by atoms with Crippen molar-refractivity contribution in [3.63, 3.8) is 0 Å². The van der Waals surface area contributed by atoms with Crippen molar-refractivity contribution < 1.29 is 13.2 Å². The summed E-state index contributed by atoms with van der Waals surface area (Å²) in [5, 5.41) is 0. The molecule has 0 aliphatic rings. The van der Waals surface area contributed by atoms with Gasteiger partial charge in [-0.3, -0.25) is 0 Å². The SMILES string of the molecule is CC(C)N(C)CCN(C)Cc1cccc(C(F)(F)F)c1. The van der Waals surface area contributed by atoms with Crippen molar-refractivity contribution in [3.05, 3.63) is 35.4 Å². The first-order chi connectivity index (χ1) is 9.20. The summed E-state index contributed by atoms with van der Waals surface area (Å²) >= 11 is 0. The molecule has 0 aromatic heterocycles. The first-order valence-corrected chi connectivity index (χ1v) is 6.75. The quantitative estimate of drug-likeness (QED) is 0.791. The largest absolute Gasteiger partial charge is 0.416 e. The second-order valence-electron chi connectivity index (χ2n) is 5.51. The topological polar surface area (TPSA) is 6.48 Å². The lowest BCUT2D eigenvalue weighted by Gasteiger charge is -2.25. The standard InChI is InChI=1S/C15H23F3N2/c1-12(2)20(4)9-8-19(3)11-13-6-5-7-14(10-13)15(16,17)18/h5-7,10,12H,8-9,11H2,1-4H3. The first-order valence-electron chi connectivity index (χ1n) is 6.75. The van der Waals surface area contributed by atoms with Gasteiger partial charge in [0, 0.05) is 25.7 Å². The minimum Gasteiger partial charge on any atom is -0.303 e. The van der Waals surface area contributed by atoms with E-state index >= 15 is 0 Å². The Bertz CT molecular complexity index is 416. The molecule has 0 amide bonds. The van der Waals surface area contributed by atoms with Crippen LogP contribution in [0.1, 0.15) is 25.0 Å². The van der Waals surface area contributed by atoms with Crippen LogP contribution in [0.2, 0.25) is 0 Å². The molecule has 0 radical (unpaired) electrons. The average Bonchev–Trinajstić information content (AvgIpc) is 2.35. The van der Waals surface area contributed by atoms with Gasteiger partial charge in [-0.25, -0.2) is 0 Å². The molecule has 0 spiro atoms. The van der Waals surface area contributed by atoms with Crippen molar-refractivity contribution in [2.45, 2.75) is 32.6 Å². The number of benzene rings is 1. The van der Waals surface area contributed by atoms with Gasteiger partial charge in [0.15, 0.2) is 0 Å². The van der Waals surface area contributed by atoms with E-state index in [1.165, 1.54) is 12.1 Å². The Morgan fingerprint density at radius 3 is 2.30 bits per heavy atom. The van der Waals surface area contributed by atoms with E-state index in [1.807, 2.05) is 19.0 Å². The Labute approximate surface area is 119 Å². The van der Waals surface area contributed by atoms with Gasteiger partial charge in [-0.2, -0.15) is 13.2 Å². The second kappa shape index (κ2) is 7.09. The van der Waals surface area contributed by atoms with Crippen LogP contribution < -0.4 is 0 Å². The van der Waals surface area contributed by atoms with Crippen LogP contribution >= 0.6 is 0 Å². The van der Waals surface area contributed by atoms with Gasteiger partial charge in [-0.05, 0) is 39.6 Å². The Kier molecular flexibility index (Phi) is 6.02. The van der Waals surface area contributed by atoms with Crippen LogP contribution in [0.5, 0.6) is 0 Å². The van der Waals surface area contributed by atoms with E-state index in [-0.39, 0.29) is 0 Å². The zero-order valence-corrected chi connectivity index (χ0v) is 12.5. The van der Waals surface area contributed by atoms with E-state index in [0.717, 1.165) is 19.2 Å². The van der Waals surface area contributed by atoms with Crippen molar-refractivity contribution in [2.24, 2.45) is 0 Å². The number of halogens is 3. The third-order valence-electron chi connectivity index (χ3n) is 3.42. The molecular weight excluding hydrogens is 265 g/mol. The fourth-order valence-corrected chi connectivity index (χ4v) is 1.82. The van der Waals surface area contributed by atoms with Gasteiger partial charge in [-0.1, -0.05) is 18.2 Å². The van der Waals surface area contributed by atoms with Crippen LogP contribution in [-0.2, 0) is 12.7 Å². The highest BCUT2D eigenvalue weighted by Gasteiger charge is 2.30. The predicted molar refractivity (Wildman–Crippen MR) is 75.5 cm³/mol. The third-order valence-corrected chi connectivity index (χ3v) is 3.42. The van der Waals surface area contributed by atoms with Gasteiger partial charge >= 0.3 is 6.18 Å². The minimum absolute atomic E-state index is 0.469. The number of nitrogens with zero attached hydrogens (tertiary/aromatic N) is 2. The van der Waals surface area contributed by atoms with Crippen LogP contribution in [0.25, 0.3) is 0 Å². The maximum atomic E-state index is 12.6. The van der Waals surface area contributed by atoms with Gasteiger partial charge in [0.2, 0.25) is 0 Å². The fourth-order valence-electron chi connectivity index (χ4n) is 1.82. The zero-order valence-electron chi connectivity index (χ0n) is 12.5. The Morgan fingerprint density at radius 2 is 1.75 bits per heavy atom. The summed E-state index contributed by atoms with van der Waals surface area (Å²) < 4.78 is 37.9. The second-order valence-corrected chi connectivity index (χ2v) is 5.51. The Morgan fingerprint density at radius 1 is 1.10 bits per heavy atom. The molecule has 20 heavy (non-hydrogen) atoms. The van der Waals surface area contributed by atoms with Crippen molar-refractivity contribution in [3.8, 4) is 0 Å². The lowest BCUT2D eigenvalue weighted by atomic mass is 10.1. The summed E-state index contributed by atoms with van der Waals surface area (Å²) in [6.07, 6.45) is -4.27. The molecule has 1 rings (SSSR count). The van der Waals surface area contributed by atoms with Crippen molar-refractivity contribution in [1.82, 2.24) is 9.80 Å². The van der Waals surface area contributed by atoms with Crippen LogP contribution in [0.4, 0.5) is 13.2 Å². The molecule has 0 aliphatic heterocycles. The van der Waals surface area contributed by atoms with E-state index in [9.17, 15) is 13.2 Å². The highest BCUT2D eigenvalue weighted by atomic mass is 19.4. The molecule has 0 heterocycles. The minimum atomic E-state index is -4.27. The number of hydrogen-bond donors (Lipinski definition) is 0. The Hall–Kier alpha value is -1.07. The van der Waals surface area contributed by atoms with Gasteiger partial charge in [-0.15, -0.1) is 0 Å². The van der Waals surface area contributed by atoms with E-state index in [1.54, 1.807) is 6.07 Å². The number of likely N-dealkylation sites (N-methyl/N-ethyl adjacent to an activating group) is 2. The molecule has 2 nitrogen and oxygen atoms in total. The lowest BCUT2D eigenvalue weighted by molar-refractivity contribution is -0.137. The van der Waals surface area contributed by atoms with Crippen molar-refractivity contribution >= 4 is 0 Å². The van der Waals surface area contributed by atoms with Gasteiger partial charge in [0.05, 0.1) is 5.56 Å². The van der Waals surface area contributed by atoms with E-state index in [4.69, 9.17) is 0 Å². The molecule has 0 bridgehead atoms. The molecule has 1 aromatic rings. The lowest BCUT2D eigenvalue weighted by Crippen LogP contribution is -2.34. The van der Waals surface area contributed by atoms with Gasteiger partial charge in [0.25, 0.3) is 0 Å². The first kappa shape index (κ1) is 17.0. The van der Waals surface area contributed by atoms with Crippen molar-refractivity contribution in [1.29, 1.82) is 0 Å². The molecule has 0 saturated heterocycles.